The first-order valence-electron chi connectivity index (χ1n) is 3.77. The number of rotatable bonds is 2. The number of para-hydroxylation sites is 1. The van der Waals surface area contributed by atoms with Gasteiger partial charge in [-0.1, -0.05) is 18.2 Å². The fourth-order valence-electron chi connectivity index (χ4n) is 0.998. The molecular weight excluding hydrogens is 122 g/mol. The zero-order chi connectivity index (χ0) is 6.81. The maximum absolute atomic E-state index is 3.42. The lowest BCUT2D eigenvalue weighted by Crippen LogP contribution is -2.79. The van der Waals surface area contributed by atoms with E-state index < -0.39 is 0 Å². The van der Waals surface area contributed by atoms with E-state index in [2.05, 4.69) is 29.6 Å². The van der Waals surface area contributed by atoms with E-state index in [9.17, 15) is 0 Å². The monoisotopic (exact) mass is 133 g/mol. The van der Waals surface area contributed by atoms with Gasteiger partial charge in [-0.15, -0.1) is 5.32 Å². The molecule has 0 aliphatic heterocycles. The molecule has 0 heterocycles. The van der Waals surface area contributed by atoms with Gasteiger partial charge in [0.15, 0.2) is 5.69 Å². The third-order valence-corrected chi connectivity index (χ3v) is 1.72. The van der Waals surface area contributed by atoms with Gasteiger partial charge in [0.25, 0.3) is 0 Å². The van der Waals surface area contributed by atoms with E-state index in [4.69, 9.17) is 0 Å². The topological polar surface area (TPSA) is 15.6 Å². The molecule has 0 spiro atoms. The lowest BCUT2D eigenvalue weighted by atomic mass is 10.3. The van der Waals surface area contributed by atoms with E-state index in [1.807, 2.05) is 6.07 Å². The maximum Gasteiger partial charge on any atom is 0.179 e. The molecule has 2 rings (SSSR count). The molecule has 10 heavy (non-hydrogen) atoms. The van der Waals surface area contributed by atoms with Gasteiger partial charge in [-0.3, -0.25) is 0 Å². The van der Waals surface area contributed by atoms with E-state index in [1.165, 1.54) is 18.5 Å². The van der Waals surface area contributed by atoms with Crippen LogP contribution < -0.4 is 5.32 Å². The predicted molar refractivity (Wildman–Crippen MR) is 40.1 cm³/mol. The molecule has 1 nitrogen and oxygen atoms in total. The third kappa shape index (κ3) is 1.36. The van der Waals surface area contributed by atoms with E-state index in [1.54, 1.807) is 0 Å². The first-order valence-corrected chi connectivity index (χ1v) is 3.77. The van der Waals surface area contributed by atoms with Gasteiger partial charge < -0.3 is 0 Å². The second kappa shape index (κ2) is 2.43. The SMILES string of the molecule is c1ccc([NH+]C2CC2)cc1. The van der Waals surface area contributed by atoms with Crippen molar-refractivity contribution >= 4 is 5.69 Å². The Balaban J connectivity index is 2.03. The molecule has 51 valence electrons. The number of anilines is 1. The quantitative estimate of drug-likeness (QED) is 0.615. The predicted octanol–water partition coefficient (Wildman–Crippen LogP) is 0.830. The average molecular weight is 133 g/mol. The smallest absolute Gasteiger partial charge is 0.144 e. The lowest BCUT2D eigenvalue weighted by Gasteiger charge is -1.88. The number of hydrogen-bond acceptors (Lipinski definition) is 1. The molecule has 0 unspecified atom stereocenters. The van der Waals surface area contributed by atoms with Crippen molar-refractivity contribution in [2.75, 3.05) is 0 Å². The molecule has 0 amide bonds. The summed E-state index contributed by atoms with van der Waals surface area (Å²) in [5, 5.41) is 3.42. The molecule has 1 fully saturated rings. The summed E-state index contributed by atoms with van der Waals surface area (Å²) in [6, 6.07) is 11.1. The van der Waals surface area contributed by atoms with Gasteiger partial charge in [-0.05, 0) is 0 Å². The van der Waals surface area contributed by atoms with E-state index in [0.717, 1.165) is 6.04 Å². The van der Waals surface area contributed by atoms with Gasteiger partial charge in [-0.2, -0.15) is 0 Å². The molecule has 0 aromatic heterocycles. The highest BCUT2D eigenvalue weighted by Crippen LogP contribution is 2.15. The Kier molecular flexibility index (Phi) is 1.44. The highest BCUT2D eigenvalue weighted by molar-refractivity contribution is 5.27. The van der Waals surface area contributed by atoms with Crippen LogP contribution in [-0.2, 0) is 0 Å². The van der Waals surface area contributed by atoms with Gasteiger partial charge in [0.1, 0.15) is 6.04 Å². The Bertz CT molecular complexity index is 201. The highest BCUT2D eigenvalue weighted by Gasteiger charge is 2.29. The molecule has 1 heteroatoms. The highest BCUT2D eigenvalue weighted by atomic mass is 14.9. The van der Waals surface area contributed by atoms with E-state index in [-0.39, 0.29) is 0 Å². The van der Waals surface area contributed by atoms with Gasteiger partial charge in [-0.25, -0.2) is 0 Å². The van der Waals surface area contributed by atoms with Crippen LogP contribution >= 0.6 is 0 Å². The molecule has 1 N–H and O–H groups in total. The number of benzene rings is 1. The maximum atomic E-state index is 3.42. The van der Waals surface area contributed by atoms with Crippen molar-refractivity contribution in [2.45, 2.75) is 18.9 Å². The van der Waals surface area contributed by atoms with Crippen molar-refractivity contribution in [3.8, 4) is 0 Å². The Labute approximate surface area is 61.1 Å². The zero-order valence-electron chi connectivity index (χ0n) is 5.88. The van der Waals surface area contributed by atoms with Crippen molar-refractivity contribution in [2.24, 2.45) is 0 Å². The summed E-state index contributed by atoms with van der Waals surface area (Å²) in [5.74, 6) is 0. The third-order valence-electron chi connectivity index (χ3n) is 1.72. The van der Waals surface area contributed by atoms with Crippen LogP contribution in [-0.4, -0.2) is 6.04 Å². The van der Waals surface area contributed by atoms with Gasteiger partial charge in [0.05, 0.1) is 0 Å². The minimum atomic E-state index is 0.766. The van der Waals surface area contributed by atoms with Crippen LogP contribution in [0.5, 0.6) is 0 Å². The van der Waals surface area contributed by atoms with Crippen molar-refractivity contribution < 1.29 is 5.32 Å². The van der Waals surface area contributed by atoms with Gasteiger partial charge in [0.2, 0.25) is 0 Å². The summed E-state index contributed by atoms with van der Waals surface area (Å²) < 4.78 is 0. The second-order valence-corrected chi connectivity index (χ2v) is 2.78. The average Bonchev–Trinajstić information content (AvgIpc) is 2.74. The van der Waals surface area contributed by atoms with Crippen molar-refractivity contribution in [3.05, 3.63) is 30.3 Å². The van der Waals surface area contributed by atoms with Crippen LogP contribution in [0.1, 0.15) is 12.8 Å². The molecule has 1 aromatic rings. The Morgan fingerprint density at radius 1 is 1.10 bits per heavy atom. The molecular formula is C9H11N+. The second-order valence-electron chi connectivity index (χ2n) is 2.78. The van der Waals surface area contributed by atoms with E-state index >= 15 is 0 Å². The fourth-order valence-corrected chi connectivity index (χ4v) is 0.998. The van der Waals surface area contributed by atoms with Crippen LogP contribution in [0.2, 0.25) is 0 Å². The summed E-state index contributed by atoms with van der Waals surface area (Å²) in [7, 11) is 0. The molecule has 1 radical (unpaired) electrons. The first-order chi connectivity index (χ1) is 4.95. The van der Waals surface area contributed by atoms with E-state index in [0.29, 0.717) is 0 Å². The first kappa shape index (κ1) is 5.93. The van der Waals surface area contributed by atoms with Gasteiger partial charge >= 0.3 is 0 Å². The van der Waals surface area contributed by atoms with Crippen LogP contribution in [0.3, 0.4) is 0 Å². The molecule has 0 bridgehead atoms. The molecule has 1 aliphatic carbocycles. The molecule has 1 saturated carbocycles. The summed E-state index contributed by atoms with van der Waals surface area (Å²) in [5.41, 5.74) is 1.25. The number of nitrogens with one attached hydrogen (secondary N) is 1. The Morgan fingerprint density at radius 3 is 2.40 bits per heavy atom. The van der Waals surface area contributed by atoms with Crippen molar-refractivity contribution in [3.63, 3.8) is 0 Å². The fraction of sp³-hybridized carbons (Fsp3) is 0.333. The van der Waals surface area contributed by atoms with Crippen LogP contribution in [0.4, 0.5) is 5.69 Å². The summed E-state index contributed by atoms with van der Waals surface area (Å²) >= 11 is 0. The minimum Gasteiger partial charge on any atom is -0.144 e. The molecule has 0 saturated heterocycles. The summed E-state index contributed by atoms with van der Waals surface area (Å²) in [6.45, 7) is 0. The van der Waals surface area contributed by atoms with Crippen LogP contribution in [0, 0.1) is 0 Å². The lowest BCUT2D eigenvalue weighted by molar-refractivity contribution is -0.586. The van der Waals surface area contributed by atoms with Gasteiger partial charge in [0, 0.05) is 25.0 Å². The standard InChI is InChI=1S/C9H11N/c1-2-4-8(5-3-1)10-9-6-7-9/h1-5,9-10H,6-7H2/q+1. The summed E-state index contributed by atoms with van der Waals surface area (Å²) in [4.78, 5) is 0. The normalized spacial score (nSPS) is 17.2. The minimum absolute atomic E-state index is 0.766. The van der Waals surface area contributed by atoms with Crippen molar-refractivity contribution in [1.29, 1.82) is 0 Å². The number of hydrogen-bond donors (Lipinski definition) is 1. The summed E-state index contributed by atoms with van der Waals surface area (Å²) in [6.07, 6.45) is 2.68. The molecule has 1 aliphatic rings. The van der Waals surface area contributed by atoms with Crippen LogP contribution in [0.25, 0.3) is 0 Å². The molecule has 0 atom stereocenters. The Hall–Kier alpha value is -0.820. The van der Waals surface area contributed by atoms with Crippen LogP contribution in [0.15, 0.2) is 30.3 Å². The van der Waals surface area contributed by atoms with Crippen molar-refractivity contribution in [1.82, 2.24) is 0 Å². The Morgan fingerprint density at radius 2 is 1.80 bits per heavy atom. The molecule has 1 aromatic carbocycles. The zero-order valence-corrected chi connectivity index (χ0v) is 5.88. The largest absolute Gasteiger partial charge is 0.179 e.